The lowest BCUT2D eigenvalue weighted by Crippen LogP contribution is -2.38. The van der Waals surface area contributed by atoms with E-state index in [1.807, 2.05) is 11.9 Å². The quantitative estimate of drug-likeness (QED) is 0.795. The number of hydrogen-bond acceptors (Lipinski definition) is 2. The van der Waals surface area contributed by atoms with Crippen LogP contribution < -0.4 is 5.32 Å². The summed E-state index contributed by atoms with van der Waals surface area (Å²) in [6, 6.07) is 0.419. The molecule has 1 aliphatic heterocycles. The van der Waals surface area contributed by atoms with Crippen molar-refractivity contribution in [2.24, 2.45) is 5.41 Å². The summed E-state index contributed by atoms with van der Waals surface area (Å²) in [6.45, 7) is 8.68. The van der Waals surface area contributed by atoms with Crippen LogP contribution in [0.4, 0.5) is 0 Å². The van der Waals surface area contributed by atoms with Crippen LogP contribution >= 0.6 is 0 Å². The molecule has 1 heterocycles. The van der Waals surface area contributed by atoms with Gasteiger partial charge < -0.3 is 10.2 Å². The molecule has 0 spiro atoms. The molecule has 0 aromatic carbocycles. The first-order valence-electron chi connectivity index (χ1n) is 6.36. The van der Waals surface area contributed by atoms with Gasteiger partial charge in [-0.2, -0.15) is 0 Å². The van der Waals surface area contributed by atoms with Gasteiger partial charge >= 0.3 is 0 Å². The van der Waals surface area contributed by atoms with Crippen molar-refractivity contribution in [3.05, 3.63) is 0 Å². The first-order chi connectivity index (χ1) is 7.40. The van der Waals surface area contributed by atoms with Crippen molar-refractivity contribution < 1.29 is 4.79 Å². The van der Waals surface area contributed by atoms with Gasteiger partial charge in [0, 0.05) is 26.1 Å². The summed E-state index contributed by atoms with van der Waals surface area (Å²) in [4.78, 5) is 13.8. The number of likely N-dealkylation sites (N-methyl/N-ethyl adjacent to an activating group) is 1. The summed E-state index contributed by atoms with van der Waals surface area (Å²) in [6.07, 6.45) is 3.92. The topological polar surface area (TPSA) is 32.3 Å². The molecule has 0 aromatic heterocycles. The molecule has 1 unspecified atom stereocenters. The van der Waals surface area contributed by atoms with Crippen molar-refractivity contribution >= 4 is 5.91 Å². The van der Waals surface area contributed by atoms with Gasteiger partial charge in [-0.25, -0.2) is 0 Å². The Kier molecular flexibility index (Phi) is 4.78. The minimum Gasteiger partial charge on any atom is -0.341 e. The lowest BCUT2D eigenvalue weighted by atomic mass is 9.90. The number of carbonyl (C=O) groups is 1. The lowest BCUT2D eigenvalue weighted by Gasteiger charge is -2.24. The van der Waals surface area contributed by atoms with Crippen molar-refractivity contribution in [3.63, 3.8) is 0 Å². The van der Waals surface area contributed by atoms with Gasteiger partial charge in [0.05, 0.1) is 0 Å². The van der Waals surface area contributed by atoms with E-state index in [2.05, 4.69) is 26.1 Å². The molecular weight excluding hydrogens is 200 g/mol. The highest BCUT2D eigenvalue weighted by atomic mass is 16.2. The molecule has 0 aromatic rings. The molecule has 16 heavy (non-hydrogen) atoms. The predicted octanol–water partition coefficient (Wildman–Crippen LogP) is 2.02. The molecule has 1 atom stereocenters. The Morgan fingerprint density at radius 2 is 2.12 bits per heavy atom. The number of hydrogen-bond donors (Lipinski definition) is 1. The predicted molar refractivity (Wildman–Crippen MR) is 67.4 cm³/mol. The van der Waals surface area contributed by atoms with E-state index in [0.29, 0.717) is 23.8 Å². The average Bonchev–Trinajstić information content (AvgIpc) is 2.67. The van der Waals surface area contributed by atoms with Crippen LogP contribution in [0.15, 0.2) is 0 Å². The van der Waals surface area contributed by atoms with Crippen LogP contribution in [-0.4, -0.2) is 37.0 Å². The van der Waals surface area contributed by atoms with Gasteiger partial charge in [-0.1, -0.05) is 20.8 Å². The second kappa shape index (κ2) is 5.67. The van der Waals surface area contributed by atoms with Gasteiger partial charge in [0.2, 0.25) is 5.91 Å². The molecule has 1 aliphatic rings. The Balaban J connectivity index is 2.23. The van der Waals surface area contributed by atoms with Crippen LogP contribution in [0.3, 0.4) is 0 Å². The van der Waals surface area contributed by atoms with E-state index in [1.165, 1.54) is 0 Å². The maximum atomic E-state index is 11.9. The first-order valence-corrected chi connectivity index (χ1v) is 6.36. The fraction of sp³-hybridized carbons (Fsp3) is 0.923. The second-order valence-corrected chi connectivity index (χ2v) is 6.07. The highest BCUT2D eigenvalue weighted by Gasteiger charge is 2.23. The van der Waals surface area contributed by atoms with E-state index >= 15 is 0 Å². The number of nitrogens with zero attached hydrogens (tertiary/aromatic N) is 1. The fourth-order valence-corrected chi connectivity index (χ4v) is 2.12. The van der Waals surface area contributed by atoms with E-state index < -0.39 is 0 Å². The third-order valence-electron chi connectivity index (χ3n) is 3.29. The van der Waals surface area contributed by atoms with Crippen molar-refractivity contribution in [3.8, 4) is 0 Å². The average molecular weight is 226 g/mol. The first kappa shape index (κ1) is 13.5. The van der Waals surface area contributed by atoms with Gasteiger partial charge in [0.15, 0.2) is 0 Å². The van der Waals surface area contributed by atoms with E-state index in [4.69, 9.17) is 0 Å². The van der Waals surface area contributed by atoms with Gasteiger partial charge in [0.25, 0.3) is 0 Å². The minimum absolute atomic E-state index is 0.304. The van der Waals surface area contributed by atoms with Crippen molar-refractivity contribution in [2.75, 3.05) is 20.1 Å². The van der Waals surface area contributed by atoms with E-state index in [9.17, 15) is 4.79 Å². The Morgan fingerprint density at radius 1 is 1.44 bits per heavy atom. The molecule has 3 heteroatoms. The number of rotatable bonds is 4. The Morgan fingerprint density at radius 3 is 2.62 bits per heavy atom. The molecule has 0 saturated carbocycles. The van der Waals surface area contributed by atoms with Gasteiger partial charge in [-0.05, 0) is 31.2 Å². The van der Waals surface area contributed by atoms with Crippen LogP contribution in [0.5, 0.6) is 0 Å². The number of nitrogens with one attached hydrogen (secondary N) is 1. The monoisotopic (exact) mass is 226 g/mol. The third kappa shape index (κ3) is 4.52. The third-order valence-corrected chi connectivity index (χ3v) is 3.29. The van der Waals surface area contributed by atoms with Crippen LogP contribution in [0.25, 0.3) is 0 Å². The molecule has 3 nitrogen and oxygen atoms in total. The SMILES string of the molecule is CN(C(=O)CCCC(C)(C)C)C1CCNC1. The second-order valence-electron chi connectivity index (χ2n) is 6.07. The largest absolute Gasteiger partial charge is 0.341 e. The molecule has 1 fully saturated rings. The van der Waals surface area contributed by atoms with Gasteiger partial charge in [0.1, 0.15) is 0 Å². The zero-order valence-corrected chi connectivity index (χ0v) is 11.2. The number of amides is 1. The van der Waals surface area contributed by atoms with Gasteiger partial charge in [-0.3, -0.25) is 4.79 Å². The highest BCUT2D eigenvalue weighted by molar-refractivity contribution is 5.76. The molecule has 1 rings (SSSR count). The molecule has 1 saturated heterocycles. The standard InChI is InChI=1S/C13H26N2O/c1-13(2,3)8-5-6-12(16)15(4)11-7-9-14-10-11/h11,14H,5-10H2,1-4H3. The Hall–Kier alpha value is -0.570. The Bertz CT molecular complexity index is 227. The normalized spacial score (nSPS) is 21.1. The zero-order valence-electron chi connectivity index (χ0n) is 11.2. The summed E-state index contributed by atoms with van der Waals surface area (Å²) in [5.74, 6) is 0.304. The Labute approximate surface area is 99.6 Å². The van der Waals surface area contributed by atoms with Gasteiger partial charge in [-0.15, -0.1) is 0 Å². The smallest absolute Gasteiger partial charge is 0.222 e. The van der Waals surface area contributed by atoms with Crippen molar-refractivity contribution in [2.45, 2.75) is 52.5 Å². The van der Waals surface area contributed by atoms with E-state index in [0.717, 1.165) is 32.4 Å². The maximum Gasteiger partial charge on any atom is 0.222 e. The molecule has 1 N–H and O–H groups in total. The zero-order chi connectivity index (χ0) is 12.2. The molecule has 94 valence electrons. The number of carbonyl (C=O) groups excluding carboxylic acids is 1. The fourth-order valence-electron chi connectivity index (χ4n) is 2.12. The van der Waals surface area contributed by atoms with E-state index in [1.54, 1.807) is 0 Å². The van der Waals surface area contributed by atoms with E-state index in [-0.39, 0.29) is 0 Å². The summed E-state index contributed by atoms with van der Waals surface area (Å²) < 4.78 is 0. The van der Waals surface area contributed by atoms with Crippen molar-refractivity contribution in [1.29, 1.82) is 0 Å². The van der Waals surface area contributed by atoms with Crippen LogP contribution in [-0.2, 0) is 4.79 Å². The molecular formula is C13H26N2O. The lowest BCUT2D eigenvalue weighted by molar-refractivity contribution is -0.131. The summed E-state index contributed by atoms with van der Waals surface area (Å²) >= 11 is 0. The van der Waals surface area contributed by atoms with Crippen LogP contribution in [0.2, 0.25) is 0 Å². The molecule has 0 aliphatic carbocycles. The maximum absolute atomic E-state index is 11.9. The van der Waals surface area contributed by atoms with Crippen LogP contribution in [0.1, 0.15) is 46.5 Å². The molecule has 0 bridgehead atoms. The highest BCUT2D eigenvalue weighted by Crippen LogP contribution is 2.22. The minimum atomic E-state index is 0.304. The summed E-state index contributed by atoms with van der Waals surface area (Å²) in [7, 11) is 1.94. The van der Waals surface area contributed by atoms with Crippen LogP contribution in [0, 0.1) is 5.41 Å². The summed E-state index contributed by atoms with van der Waals surface area (Å²) in [5.41, 5.74) is 0.341. The summed E-state index contributed by atoms with van der Waals surface area (Å²) in [5, 5.41) is 3.29. The molecule has 1 amide bonds. The molecule has 0 radical (unpaired) electrons. The van der Waals surface area contributed by atoms with Crippen molar-refractivity contribution in [1.82, 2.24) is 10.2 Å².